The van der Waals surface area contributed by atoms with Crippen LogP contribution >= 0.6 is 0 Å². The van der Waals surface area contributed by atoms with Crippen molar-refractivity contribution in [1.82, 2.24) is 9.38 Å². The highest BCUT2D eigenvalue weighted by molar-refractivity contribution is 6.03. The van der Waals surface area contributed by atoms with Gasteiger partial charge in [-0.1, -0.05) is 42.0 Å². The Bertz CT molecular complexity index is 1230. The number of fused-ring (bicyclic) bond motifs is 1. The van der Waals surface area contributed by atoms with Gasteiger partial charge in [0.05, 0.1) is 0 Å². The Balaban J connectivity index is 1.68. The molecule has 0 aliphatic rings. The first-order valence-corrected chi connectivity index (χ1v) is 9.24. The molecule has 2 aromatic carbocycles. The molecule has 0 bridgehead atoms. The average molecular weight is 384 g/mol. The lowest BCUT2D eigenvalue weighted by Crippen LogP contribution is -2.21. The van der Waals surface area contributed by atoms with Crippen LogP contribution in [0.15, 0.2) is 72.9 Å². The van der Waals surface area contributed by atoms with Crippen LogP contribution in [-0.4, -0.2) is 21.2 Å². The highest BCUT2D eigenvalue weighted by Gasteiger charge is 2.16. The third kappa shape index (κ3) is 3.87. The van der Waals surface area contributed by atoms with Gasteiger partial charge in [0.15, 0.2) is 5.78 Å². The second-order valence-electron chi connectivity index (χ2n) is 6.82. The van der Waals surface area contributed by atoms with Gasteiger partial charge in [0.25, 0.3) is 0 Å². The lowest BCUT2D eigenvalue weighted by molar-refractivity contribution is 0.101. The van der Waals surface area contributed by atoms with Crippen molar-refractivity contribution in [2.75, 3.05) is 10.6 Å². The van der Waals surface area contributed by atoms with Crippen molar-refractivity contribution in [3.8, 4) is 11.3 Å². The Labute approximate surface area is 168 Å². The third-order valence-electron chi connectivity index (χ3n) is 4.58. The summed E-state index contributed by atoms with van der Waals surface area (Å²) in [6, 6.07) is 20.1. The van der Waals surface area contributed by atoms with Crippen molar-refractivity contribution in [3.63, 3.8) is 0 Å². The number of amides is 2. The van der Waals surface area contributed by atoms with Crippen molar-refractivity contribution in [3.05, 3.63) is 84.1 Å². The lowest BCUT2D eigenvalue weighted by atomic mass is 10.1. The molecule has 0 atom stereocenters. The normalized spacial score (nSPS) is 10.7. The van der Waals surface area contributed by atoms with Crippen LogP contribution in [0.3, 0.4) is 0 Å². The van der Waals surface area contributed by atoms with Crippen LogP contribution < -0.4 is 10.6 Å². The minimum Gasteiger partial charge on any atom is -0.308 e. The average Bonchev–Trinajstić information content (AvgIpc) is 3.06. The molecule has 0 aliphatic carbocycles. The van der Waals surface area contributed by atoms with Crippen LogP contribution in [-0.2, 0) is 0 Å². The summed E-state index contributed by atoms with van der Waals surface area (Å²) < 4.78 is 1.84. The van der Waals surface area contributed by atoms with Crippen molar-refractivity contribution < 1.29 is 9.59 Å². The molecule has 2 amide bonds. The molecule has 2 N–H and O–H groups in total. The predicted octanol–water partition coefficient (Wildman–Crippen LogP) is 5.16. The number of anilines is 2. The van der Waals surface area contributed by atoms with E-state index in [0.717, 1.165) is 16.8 Å². The number of ketones is 1. The van der Waals surface area contributed by atoms with Gasteiger partial charge >= 0.3 is 6.03 Å². The number of carbonyl (C=O) groups is 2. The zero-order valence-corrected chi connectivity index (χ0v) is 16.1. The van der Waals surface area contributed by atoms with E-state index in [-0.39, 0.29) is 5.78 Å². The molecule has 2 aromatic heterocycles. The van der Waals surface area contributed by atoms with Gasteiger partial charge in [-0.25, -0.2) is 9.78 Å². The molecular weight excluding hydrogens is 364 g/mol. The molecule has 4 rings (SSSR count). The Morgan fingerprint density at radius 3 is 2.55 bits per heavy atom. The highest BCUT2D eigenvalue weighted by atomic mass is 16.2. The van der Waals surface area contributed by atoms with Gasteiger partial charge in [0, 0.05) is 23.0 Å². The van der Waals surface area contributed by atoms with Gasteiger partial charge in [-0.2, -0.15) is 0 Å². The van der Waals surface area contributed by atoms with E-state index in [0.29, 0.717) is 22.8 Å². The summed E-state index contributed by atoms with van der Waals surface area (Å²) in [7, 11) is 0. The van der Waals surface area contributed by atoms with E-state index in [1.54, 1.807) is 24.3 Å². The summed E-state index contributed by atoms with van der Waals surface area (Å²) in [4.78, 5) is 29.0. The number of urea groups is 1. The number of pyridine rings is 1. The van der Waals surface area contributed by atoms with E-state index in [4.69, 9.17) is 4.98 Å². The van der Waals surface area contributed by atoms with E-state index in [2.05, 4.69) is 10.6 Å². The van der Waals surface area contributed by atoms with Crippen LogP contribution in [0, 0.1) is 6.92 Å². The minimum atomic E-state index is -0.412. The SMILES string of the molecule is CC(=O)c1cccc(NC(=O)Nc2c(-c3cccc(C)c3)nc3ccccn23)c1. The summed E-state index contributed by atoms with van der Waals surface area (Å²) in [6.45, 7) is 3.51. The van der Waals surface area contributed by atoms with Gasteiger partial charge in [0.1, 0.15) is 17.2 Å². The smallest absolute Gasteiger partial charge is 0.308 e. The van der Waals surface area contributed by atoms with Crippen LogP contribution in [0.5, 0.6) is 0 Å². The minimum absolute atomic E-state index is 0.0578. The Hall–Kier alpha value is -3.93. The fourth-order valence-electron chi connectivity index (χ4n) is 3.19. The van der Waals surface area contributed by atoms with Crippen molar-refractivity contribution in [2.24, 2.45) is 0 Å². The maximum Gasteiger partial charge on any atom is 0.324 e. The Kier molecular flexibility index (Phi) is 4.83. The van der Waals surface area contributed by atoms with E-state index in [1.807, 2.05) is 60.0 Å². The predicted molar refractivity (Wildman–Crippen MR) is 114 cm³/mol. The summed E-state index contributed by atoms with van der Waals surface area (Å²) in [6.07, 6.45) is 1.85. The first kappa shape index (κ1) is 18.4. The molecule has 0 aliphatic heterocycles. The topological polar surface area (TPSA) is 75.5 Å². The lowest BCUT2D eigenvalue weighted by Gasteiger charge is -2.10. The van der Waals surface area contributed by atoms with Crippen LogP contribution in [0.1, 0.15) is 22.8 Å². The molecule has 0 spiro atoms. The van der Waals surface area contributed by atoms with Crippen LogP contribution in [0.4, 0.5) is 16.3 Å². The molecule has 4 aromatic rings. The largest absolute Gasteiger partial charge is 0.324 e. The summed E-state index contributed by atoms with van der Waals surface area (Å²) >= 11 is 0. The molecule has 6 heteroatoms. The molecule has 0 saturated carbocycles. The number of rotatable bonds is 4. The van der Waals surface area contributed by atoms with E-state index < -0.39 is 6.03 Å². The van der Waals surface area contributed by atoms with Gasteiger partial charge < -0.3 is 5.32 Å². The monoisotopic (exact) mass is 384 g/mol. The second kappa shape index (κ2) is 7.59. The van der Waals surface area contributed by atoms with E-state index in [9.17, 15) is 9.59 Å². The fraction of sp³-hybridized carbons (Fsp3) is 0.0870. The molecular formula is C23H20N4O2. The number of carbonyl (C=O) groups excluding carboxylic acids is 2. The summed E-state index contributed by atoms with van der Waals surface area (Å²) in [5.74, 6) is 0.518. The molecule has 0 unspecified atom stereocenters. The standard InChI is InChI=1S/C23H20N4O2/c1-15-7-5-9-18(13-15)21-22(27-12-4-3-11-20(27)25-21)26-23(29)24-19-10-6-8-17(14-19)16(2)28/h3-14H,1-2H3,(H2,24,26,29). The van der Waals surface area contributed by atoms with E-state index in [1.165, 1.54) is 6.92 Å². The number of imidazole rings is 1. The zero-order valence-electron chi connectivity index (χ0n) is 16.1. The Morgan fingerprint density at radius 2 is 1.76 bits per heavy atom. The molecule has 0 fully saturated rings. The van der Waals surface area contributed by atoms with Crippen LogP contribution in [0.2, 0.25) is 0 Å². The molecule has 29 heavy (non-hydrogen) atoms. The van der Waals surface area contributed by atoms with Gasteiger partial charge in [-0.05, 0) is 44.2 Å². The molecule has 0 radical (unpaired) electrons. The van der Waals surface area contributed by atoms with Gasteiger partial charge in [0.2, 0.25) is 0 Å². The number of nitrogens with zero attached hydrogens (tertiary/aromatic N) is 2. The fourth-order valence-corrected chi connectivity index (χ4v) is 3.19. The second-order valence-corrected chi connectivity index (χ2v) is 6.82. The van der Waals surface area contributed by atoms with Crippen LogP contribution in [0.25, 0.3) is 16.9 Å². The number of hydrogen-bond donors (Lipinski definition) is 2. The highest BCUT2D eigenvalue weighted by Crippen LogP contribution is 2.29. The molecule has 0 saturated heterocycles. The summed E-state index contributed by atoms with van der Waals surface area (Å²) in [5.41, 5.74) is 4.53. The maximum atomic E-state index is 12.7. The molecule has 144 valence electrons. The summed E-state index contributed by atoms with van der Waals surface area (Å²) in [5, 5.41) is 5.70. The number of aryl methyl sites for hydroxylation is 1. The van der Waals surface area contributed by atoms with Crippen molar-refractivity contribution in [1.29, 1.82) is 0 Å². The molecule has 6 nitrogen and oxygen atoms in total. The van der Waals surface area contributed by atoms with E-state index >= 15 is 0 Å². The molecule has 2 heterocycles. The van der Waals surface area contributed by atoms with Gasteiger partial charge in [-0.3, -0.25) is 14.5 Å². The third-order valence-corrected chi connectivity index (χ3v) is 4.58. The number of hydrogen-bond acceptors (Lipinski definition) is 3. The van der Waals surface area contributed by atoms with Crippen molar-refractivity contribution in [2.45, 2.75) is 13.8 Å². The first-order chi connectivity index (χ1) is 14.0. The number of nitrogens with one attached hydrogen (secondary N) is 2. The number of benzene rings is 2. The maximum absolute atomic E-state index is 12.7. The number of Topliss-reactive ketones (excluding diaryl/α,β-unsaturated/α-hetero) is 1. The Morgan fingerprint density at radius 1 is 0.931 bits per heavy atom. The first-order valence-electron chi connectivity index (χ1n) is 9.24. The number of aromatic nitrogens is 2. The van der Waals surface area contributed by atoms with Crippen molar-refractivity contribution >= 4 is 29.0 Å². The van der Waals surface area contributed by atoms with Gasteiger partial charge in [-0.15, -0.1) is 0 Å². The quantitative estimate of drug-likeness (QED) is 0.478. The zero-order chi connectivity index (χ0) is 20.4.